The van der Waals surface area contributed by atoms with Crippen molar-refractivity contribution in [1.29, 1.82) is 0 Å². The maximum Gasteiger partial charge on any atom is 0.137 e. The summed E-state index contributed by atoms with van der Waals surface area (Å²) in [4.78, 5) is 11.0. The second-order valence-corrected chi connectivity index (χ2v) is 6.79. The molecular formula is C22H30NO4+. The van der Waals surface area contributed by atoms with Gasteiger partial charge in [-0.15, -0.1) is 0 Å². The summed E-state index contributed by atoms with van der Waals surface area (Å²) < 4.78 is 11.3. The summed E-state index contributed by atoms with van der Waals surface area (Å²) in [5, 5.41) is 12.0. The third kappa shape index (κ3) is 8.71. The van der Waals surface area contributed by atoms with Gasteiger partial charge in [-0.2, -0.15) is 0 Å². The first kappa shape index (κ1) is 20.9. The van der Waals surface area contributed by atoms with Crippen molar-refractivity contribution in [1.82, 2.24) is 0 Å². The van der Waals surface area contributed by atoms with Crippen LogP contribution in [-0.2, 0) is 11.2 Å². The fourth-order valence-corrected chi connectivity index (χ4v) is 2.54. The largest absolute Gasteiger partial charge is 0.491 e. The van der Waals surface area contributed by atoms with Crippen LogP contribution in [0.5, 0.6) is 11.5 Å². The number of quaternary nitrogens is 1. The van der Waals surface area contributed by atoms with E-state index < -0.39 is 6.10 Å². The number of ketones is 1. The lowest BCUT2D eigenvalue weighted by Gasteiger charge is -2.12. The molecule has 0 unspecified atom stereocenters. The number of ether oxygens (including phenoxy) is 2. The van der Waals surface area contributed by atoms with E-state index in [0.29, 0.717) is 19.6 Å². The lowest BCUT2D eigenvalue weighted by atomic mass is 10.1. The maximum absolute atomic E-state index is 11.0. The second-order valence-electron chi connectivity index (χ2n) is 6.79. The van der Waals surface area contributed by atoms with E-state index in [-0.39, 0.29) is 12.4 Å². The van der Waals surface area contributed by atoms with Crippen LogP contribution in [0, 0.1) is 6.92 Å². The first-order valence-corrected chi connectivity index (χ1v) is 9.43. The average Bonchev–Trinajstić information content (AvgIpc) is 2.66. The van der Waals surface area contributed by atoms with E-state index >= 15 is 0 Å². The molecule has 0 bridgehead atoms. The van der Waals surface area contributed by atoms with E-state index in [4.69, 9.17) is 9.47 Å². The summed E-state index contributed by atoms with van der Waals surface area (Å²) in [6.45, 7) is 5.83. The molecule has 3 N–H and O–H groups in total. The zero-order chi connectivity index (χ0) is 19.5. The minimum atomic E-state index is -0.540. The van der Waals surface area contributed by atoms with Gasteiger partial charge in [-0.3, -0.25) is 0 Å². The van der Waals surface area contributed by atoms with Crippen molar-refractivity contribution in [2.24, 2.45) is 0 Å². The molecule has 5 nitrogen and oxygen atoms in total. The van der Waals surface area contributed by atoms with Crippen molar-refractivity contribution in [3.05, 3.63) is 59.7 Å². The Morgan fingerprint density at radius 2 is 1.67 bits per heavy atom. The van der Waals surface area contributed by atoms with Crippen LogP contribution >= 0.6 is 0 Å². The lowest BCUT2D eigenvalue weighted by Crippen LogP contribution is -2.87. The van der Waals surface area contributed by atoms with Gasteiger partial charge in [0.25, 0.3) is 0 Å². The summed E-state index contributed by atoms with van der Waals surface area (Å²) in [5.41, 5.74) is 2.32. The Hall–Kier alpha value is -2.37. The molecule has 2 rings (SSSR count). The Kier molecular flexibility index (Phi) is 8.81. The fraction of sp³-hybridized carbons (Fsp3) is 0.409. The Morgan fingerprint density at radius 1 is 1.04 bits per heavy atom. The molecule has 0 radical (unpaired) electrons. The van der Waals surface area contributed by atoms with Gasteiger partial charge >= 0.3 is 0 Å². The van der Waals surface area contributed by atoms with Crippen LogP contribution in [0.4, 0.5) is 0 Å². The van der Waals surface area contributed by atoms with Crippen molar-refractivity contribution in [2.45, 2.75) is 32.8 Å². The van der Waals surface area contributed by atoms with E-state index in [9.17, 15) is 9.90 Å². The maximum atomic E-state index is 11.0. The number of hydrogen-bond donors (Lipinski definition) is 2. The van der Waals surface area contributed by atoms with Gasteiger partial charge in [0.1, 0.15) is 49.7 Å². The summed E-state index contributed by atoms with van der Waals surface area (Å²) in [6, 6.07) is 15.6. The van der Waals surface area contributed by atoms with Gasteiger partial charge in [-0.25, -0.2) is 0 Å². The van der Waals surface area contributed by atoms with Gasteiger partial charge < -0.3 is 24.7 Å². The zero-order valence-corrected chi connectivity index (χ0v) is 16.2. The standard InChI is InChI=1S/C22H29NO4/c1-17-3-9-21(10-4-17)26-14-13-23-15-20(25)16-27-22-11-7-19(8-12-22)6-5-18(2)24/h3-4,7-12,20,23,25H,5-6,13-16H2,1-2H3/p+1/t20-/m0/s1. The van der Waals surface area contributed by atoms with Gasteiger partial charge in [0.2, 0.25) is 0 Å². The molecule has 0 aliphatic rings. The minimum Gasteiger partial charge on any atom is -0.491 e. The minimum absolute atomic E-state index is 0.193. The van der Waals surface area contributed by atoms with Gasteiger partial charge in [0.05, 0.1) is 0 Å². The van der Waals surface area contributed by atoms with Gasteiger partial charge in [0, 0.05) is 6.42 Å². The predicted molar refractivity (Wildman–Crippen MR) is 105 cm³/mol. The molecule has 2 aromatic rings. The number of nitrogens with two attached hydrogens (primary N) is 1. The molecule has 0 amide bonds. The van der Waals surface area contributed by atoms with Crippen LogP contribution in [0.1, 0.15) is 24.5 Å². The first-order chi connectivity index (χ1) is 13.0. The molecular weight excluding hydrogens is 342 g/mol. The molecule has 0 aliphatic heterocycles. The van der Waals surface area contributed by atoms with Crippen LogP contribution in [-0.4, -0.2) is 43.3 Å². The van der Waals surface area contributed by atoms with Crippen LogP contribution in [0.3, 0.4) is 0 Å². The Bertz CT molecular complexity index is 682. The Morgan fingerprint density at radius 3 is 2.33 bits per heavy atom. The van der Waals surface area contributed by atoms with Crippen molar-refractivity contribution in [2.75, 3.05) is 26.3 Å². The smallest absolute Gasteiger partial charge is 0.137 e. The summed E-state index contributed by atoms with van der Waals surface area (Å²) in [5.74, 6) is 1.78. The zero-order valence-electron chi connectivity index (χ0n) is 16.2. The van der Waals surface area contributed by atoms with Crippen molar-refractivity contribution >= 4 is 5.78 Å². The molecule has 27 heavy (non-hydrogen) atoms. The van der Waals surface area contributed by atoms with Crippen molar-refractivity contribution < 1.29 is 24.7 Å². The predicted octanol–water partition coefficient (Wildman–Crippen LogP) is 1.90. The molecule has 0 saturated carbocycles. The summed E-state index contributed by atoms with van der Waals surface area (Å²) >= 11 is 0. The normalized spacial score (nSPS) is 11.8. The number of carbonyl (C=O) groups excluding carboxylic acids is 1. The number of aryl methyl sites for hydroxylation is 2. The van der Waals surface area contributed by atoms with Crippen LogP contribution in [0.25, 0.3) is 0 Å². The Balaban J connectivity index is 1.57. The van der Waals surface area contributed by atoms with Crippen LogP contribution < -0.4 is 14.8 Å². The van der Waals surface area contributed by atoms with E-state index in [2.05, 4.69) is 0 Å². The lowest BCUT2D eigenvalue weighted by molar-refractivity contribution is -0.661. The van der Waals surface area contributed by atoms with Crippen LogP contribution in [0.2, 0.25) is 0 Å². The van der Waals surface area contributed by atoms with Gasteiger partial charge in [0.15, 0.2) is 0 Å². The number of hydrogen-bond acceptors (Lipinski definition) is 4. The highest BCUT2D eigenvalue weighted by molar-refractivity contribution is 5.75. The molecule has 0 fully saturated rings. The summed E-state index contributed by atoms with van der Waals surface area (Å²) in [6.07, 6.45) is 0.766. The number of Topliss-reactive ketones (excluding diaryl/α,β-unsaturated/α-hetero) is 1. The van der Waals surface area contributed by atoms with Crippen LogP contribution in [0.15, 0.2) is 48.5 Å². The monoisotopic (exact) mass is 372 g/mol. The van der Waals surface area contributed by atoms with E-state index in [1.54, 1.807) is 6.92 Å². The third-order valence-electron chi connectivity index (χ3n) is 4.18. The summed E-state index contributed by atoms with van der Waals surface area (Å²) in [7, 11) is 0. The first-order valence-electron chi connectivity index (χ1n) is 9.43. The highest BCUT2D eigenvalue weighted by Gasteiger charge is 2.08. The molecule has 5 heteroatoms. The number of carbonyl (C=O) groups is 1. The fourth-order valence-electron chi connectivity index (χ4n) is 2.54. The molecule has 0 aliphatic carbocycles. The molecule has 1 atom stereocenters. The molecule has 146 valence electrons. The average molecular weight is 372 g/mol. The second kappa shape index (κ2) is 11.4. The molecule has 0 aromatic heterocycles. The quantitative estimate of drug-likeness (QED) is 0.558. The van der Waals surface area contributed by atoms with E-state index in [1.807, 2.05) is 60.8 Å². The number of benzene rings is 2. The SMILES string of the molecule is CC(=O)CCc1ccc(OC[C@@H](O)C[NH2+]CCOc2ccc(C)cc2)cc1. The number of aliphatic hydroxyl groups is 1. The van der Waals surface area contributed by atoms with Crippen molar-refractivity contribution in [3.8, 4) is 11.5 Å². The third-order valence-corrected chi connectivity index (χ3v) is 4.18. The van der Waals surface area contributed by atoms with E-state index in [0.717, 1.165) is 30.0 Å². The molecule has 0 spiro atoms. The topological polar surface area (TPSA) is 72.4 Å². The molecule has 2 aromatic carbocycles. The highest BCUT2D eigenvalue weighted by Crippen LogP contribution is 2.14. The molecule has 0 heterocycles. The highest BCUT2D eigenvalue weighted by atomic mass is 16.5. The van der Waals surface area contributed by atoms with Gasteiger partial charge in [-0.05, 0) is 50.1 Å². The molecule has 0 saturated heterocycles. The van der Waals surface area contributed by atoms with Crippen molar-refractivity contribution in [3.63, 3.8) is 0 Å². The number of rotatable bonds is 12. The van der Waals surface area contributed by atoms with E-state index in [1.165, 1.54) is 5.56 Å². The van der Waals surface area contributed by atoms with Gasteiger partial charge in [-0.1, -0.05) is 29.8 Å². The number of aliphatic hydroxyl groups excluding tert-OH is 1. The Labute approximate surface area is 161 Å².